The monoisotopic (exact) mass is 375 g/mol. The van der Waals surface area contributed by atoms with E-state index in [0.717, 1.165) is 11.1 Å². The summed E-state index contributed by atoms with van der Waals surface area (Å²) >= 11 is 6.17. The van der Waals surface area contributed by atoms with Crippen molar-refractivity contribution in [3.63, 3.8) is 0 Å². The van der Waals surface area contributed by atoms with Gasteiger partial charge in [0, 0.05) is 12.3 Å². The van der Waals surface area contributed by atoms with Gasteiger partial charge in [0.1, 0.15) is 5.75 Å². The van der Waals surface area contributed by atoms with Crippen LogP contribution in [-0.2, 0) is 0 Å². The van der Waals surface area contributed by atoms with Crippen LogP contribution >= 0.6 is 11.6 Å². The normalized spacial score (nSPS) is 9.96. The lowest BCUT2D eigenvalue weighted by molar-refractivity contribution is 0.455. The van der Waals surface area contributed by atoms with Gasteiger partial charge in [0.25, 0.3) is 0 Å². The lowest BCUT2D eigenvalue weighted by Crippen LogP contribution is -2.00. The summed E-state index contributed by atoms with van der Waals surface area (Å²) in [5.41, 5.74) is 3.32. The molecule has 0 saturated carbocycles. The quantitative estimate of drug-likeness (QED) is 0.687. The second-order valence-corrected chi connectivity index (χ2v) is 6.21. The molecule has 0 aliphatic carbocycles. The van der Waals surface area contributed by atoms with E-state index in [1.807, 2.05) is 19.9 Å². The van der Waals surface area contributed by atoms with Gasteiger partial charge in [0.05, 0.1) is 34.0 Å². The van der Waals surface area contributed by atoms with Crippen LogP contribution in [0.4, 0.5) is 11.6 Å². The standard InChI is InChI=1S/C20H14ClN5O/c1-12-7-15(11-23)8-13(2)19(12)27-18-5-6-24-20(26-18)25-17-4-3-14(10-22)9-16(17)21/h3-9H,1-2H3,(H,24,25,26). The fourth-order valence-electron chi connectivity index (χ4n) is 2.55. The second kappa shape index (κ2) is 7.74. The molecule has 0 spiro atoms. The zero-order valence-corrected chi connectivity index (χ0v) is 15.4. The van der Waals surface area contributed by atoms with Crippen LogP contribution in [0, 0.1) is 36.5 Å². The molecule has 1 N–H and O–H groups in total. The molecule has 2 aromatic carbocycles. The minimum absolute atomic E-state index is 0.308. The highest BCUT2D eigenvalue weighted by molar-refractivity contribution is 6.33. The van der Waals surface area contributed by atoms with Crippen LogP contribution in [0.3, 0.4) is 0 Å². The van der Waals surface area contributed by atoms with Crippen molar-refractivity contribution in [2.75, 3.05) is 5.32 Å². The molecule has 1 heterocycles. The Kier molecular flexibility index (Phi) is 5.21. The maximum absolute atomic E-state index is 9.05. The highest BCUT2D eigenvalue weighted by atomic mass is 35.5. The van der Waals surface area contributed by atoms with Crippen LogP contribution in [0.25, 0.3) is 0 Å². The molecule has 3 rings (SSSR count). The Morgan fingerprint density at radius 3 is 2.33 bits per heavy atom. The summed E-state index contributed by atoms with van der Waals surface area (Å²) in [4.78, 5) is 8.50. The summed E-state index contributed by atoms with van der Waals surface area (Å²) in [6.45, 7) is 3.75. The molecule has 3 aromatic rings. The topological polar surface area (TPSA) is 94.6 Å². The van der Waals surface area contributed by atoms with Crippen molar-refractivity contribution in [3.8, 4) is 23.8 Å². The van der Waals surface area contributed by atoms with Crippen LogP contribution in [-0.4, -0.2) is 9.97 Å². The number of halogens is 1. The molecular formula is C20H14ClN5O. The van der Waals surface area contributed by atoms with Crippen molar-refractivity contribution in [1.82, 2.24) is 9.97 Å². The van der Waals surface area contributed by atoms with Gasteiger partial charge in [-0.2, -0.15) is 15.5 Å². The first-order valence-electron chi connectivity index (χ1n) is 7.99. The summed E-state index contributed by atoms with van der Waals surface area (Å²) in [6, 6.07) is 14.2. The van der Waals surface area contributed by atoms with Gasteiger partial charge in [-0.15, -0.1) is 0 Å². The molecule has 0 fully saturated rings. The first-order valence-corrected chi connectivity index (χ1v) is 8.37. The highest BCUT2D eigenvalue weighted by Crippen LogP contribution is 2.30. The van der Waals surface area contributed by atoms with Crippen LogP contribution in [0.1, 0.15) is 22.3 Å². The molecule has 0 bridgehead atoms. The van der Waals surface area contributed by atoms with Gasteiger partial charge >= 0.3 is 0 Å². The second-order valence-electron chi connectivity index (χ2n) is 5.80. The maximum Gasteiger partial charge on any atom is 0.230 e. The Bertz CT molecular complexity index is 1080. The molecule has 0 saturated heterocycles. The van der Waals surface area contributed by atoms with Gasteiger partial charge in [-0.25, -0.2) is 4.98 Å². The number of aromatic nitrogens is 2. The number of nitrogens with one attached hydrogen (secondary N) is 1. The van der Waals surface area contributed by atoms with E-state index >= 15 is 0 Å². The van der Waals surface area contributed by atoms with E-state index in [1.165, 1.54) is 0 Å². The van der Waals surface area contributed by atoms with Crippen molar-refractivity contribution in [1.29, 1.82) is 10.5 Å². The lowest BCUT2D eigenvalue weighted by Gasteiger charge is -2.12. The van der Waals surface area contributed by atoms with Crippen LogP contribution in [0.15, 0.2) is 42.6 Å². The zero-order chi connectivity index (χ0) is 19.4. The third-order valence-electron chi connectivity index (χ3n) is 3.77. The number of benzene rings is 2. The van der Waals surface area contributed by atoms with E-state index in [-0.39, 0.29) is 0 Å². The molecule has 132 valence electrons. The van der Waals surface area contributed by atoms with E-state index in [4.69, 9.17) is 26.9 Å². The van der Waals surface area contributed by atoms with Crippen LogP contribution < -0.4 is 10.1 Å². The first-order chi connectivity index (χ1) is 13.0. The van der Waals surface area contributed by atoms with Gasteiger partial charge in [0.15, 0.2) is 0 Å². The Labute approximate surface area is 161 Å². The van der Waals surface area contributed by atoms with Gasteiger partial charge in [0.2, 0.25) is 11.8 Å². The number of hydrogen-bond acceptors (Lipinski definition) is 6. The van der Waals surface area contributed by atoms with E-state index in [9.17, 15) is 0 Å². The van der Waals surface area contributed by atoms with Gasteiger partial charge in [-0.3, -0.25) is 0 Å². The predicted molar refractivity (Wildman–Crippen MR) is 102 cm³/mol. The molecule has 7 heteroatoms. The molecule has 6 nitrogen and oxygen atoms in total. The fraction of sp³-hybridized carbons (Fsp3) is 0.100. The molecule has 0 aliphatic rings. The first kappa shape index (κ1) is 18.2. The third kappa shape index (κ3) is 4.14. The predicted octanol–water partition coefficient (Wildman–Crippen LogP) is 5.03. The van der Waals surface area contributed by atoms with Crippen molar-refractivity contribution in [2.45, 2.75) is 13.8 Å². The van der Waals surface area contributed by atoms with E-state index in [0.29, 0.717) is 39.4 Å². The zero-order valence-electron chi connectivity index (χ0n) is 14.6. The molecular weight excluding hydrogens is 362 g/mol. The Balaban J connectivity index is 1.85. The molecule has 1 aromatic heterocycles. The fourth-order valence-corrected chi connectivity index (χ4v) is 2.77. The maximum atomic E-state index is 9.05. The molecule has 0 radical (unpaired) electrons. The van der Waals surface area contributed by atoms with Crippen molar-refractivity contribution in [3.05, 3.63) is 69.9 Å². The molecule has 0 unspecified atom stereocenters. The minimum Gasteiger partial charge on any atom is -0.438 e. The summed E-state index contributed by atoms with van der Waals surface area (Å²) in [6.07, 6.45) is 1.57. The summed E-state index contributed by atoms with van der Waals surface area (Å²) in [5, 5.41) is 21.4. The van der Waals surface area contributed by atoms with Crippen molar-refractivity contribution >= 4 is 23.2 Å². The SMILES string of the molecule is Cc1cc(C#N)cc(C)c1Oc1ccnc(Nc2ccc(C#N)cc2Cl)n1. The largest absolute Gasteiger partial charge is 0.438 e. The smallest absolute Gasteiger partial charge is 0.230 e. The van der Waals surface area contributed by atoms with E-state index in [2.05, 4.69) is 21.4 Å². The Morgan fingerprint density at radius 1 is 1.00 bits per heavy atom. The summed E-state index contributed by atoms with van der Waals surface area (Å²) in [5.74, 6) is 1.31. The average molecular weight is 376 g/mol. The van der Waals surface area contributed by atoms with Gasteiger partial charge < -0.3 is 10.1 Å². The number of nitrogens with zero attached hydrogens (tertiary/aromatic N) is 4. The van der Waals surface area contributed by atoms with Crippen molar-refractivity contribution < 1.29 is 4.74 Å². The summed E-state index contributed by atoms with van der Waals surface area (Å²) < 4.78 is 5.91. The third-order valence-corrected chi connectivity index (χ3v) is 4.08. The lowest BCUT2D eigenvalue weighted by atomic mass is 10.1. The highest BCUT2D eigenvalue weighted by Gasteiger charge is 2.10. The number of anilines is 2. The minimum atomic E-state index is 0.308. The Hall–Kier alpha value is -3.61. The average Bonchev–Trinajstić information content (AvgIpc) is 2.66. The summed E-state index contributed by atoms with van der Waals surface area (Å²) in [7, 11) is 0. The number of hydrogen-bond donors (Lipinski definition) is 1. The van der Waals surface area contributed by atoms with E-state index in [1.54, 1.807) is 42.6 Å². The molecule has 27 heavy (non-hydrogen) atoms. The molecule has 0 atom stereocenters. The van der Waals surface area contributed by atoms with Crippen molar-refractivity contribution in [2.24, 2.45) is 0 Å². The van der Waals surface area contributed by atoms with E-state index < -0.39 is 0 Å². The van der Waals surface area contributed by atoms with Crippen LogP contribution in [0.5, 0.6) is 11.6 Å². The van der Waals surface area contributed by atoms with Gasteiger partial charge in [-0.05, 0) is 55.3 Å². The number of rotatable bonds is 4. The number of ether oxygens (including phenoxy) is 1. The number of aryl methyl sites for hydroxylation is 2. The Morgan fingerprint density at radius 2 is 1.70 bits per heavy atom. The van der Waals surface area contributed by atoms with Crippen LogP contribution in [0.2, 0.25) is 5.02 Å². The van der Waals surface area contributed by atoms with Gasteiger partial charge in [-0.1, -0.05) is 11.6 Å². The molecule has 0 aliphatic heterocycles. The number of nitriles is 2. The molecule has 0 amide bonds.